The van der Waals surface area contributed by atoms with E-state index in [-0.39, 0.29) is 0 Å². The van der Waals surface area contributed by atoms with Crippen LogP contribution >= 0.6 is 0 Å². The highest BCUT2D eigenvalue weighted by Gasteiger charge is 2.16. The Kier molecular flexibility index (Phi) is 3.40. The van der Waals surface area contributed by atoms with Crippen molar-refractivity contribution in [3.63, 3.8) is 0 Å². The number of hydrogen-bond acceptors (Lipinski definition) is 0. The first-order valence-electron chi connectivity index (χ1n) is 5.87. The summed E-state index contributed by atoms with van der Waals surface area (Å²) in [5.74, 6) is 0.539. The van der Waals surface area contributed by atoms with E-state index in [1.165, 1.54) is 16.7 Å². The van der Waals surface area contributed by atoms with Crippen LogP contribution in [0.5, 0.6) is 0 Å². The Hall–Kier alpha value is -1.56. The molecule has 0 fully saturated rings. The fraction of sp³-hybridized carbons (Fsp3) is 0.250. The first-order chi connectivity index (χ1) is 7.81. The summed E-state index contributed by atoms with van der Waals surface area (Å²) in [4.78, 5) is 0. The van der Waals surface area contributed by atoms with Crippen LogP contribution in [0, 0.1) is 0 Å². The van der Waals surface area contributed by atoms with Crippen LogP contribution in [-0.2, 0) is 0 Å². The van der Waals surface area contributed by atoms with E-state index < -0.39 is 0 Å². The summed E-state index contributed by atoms with van der Waals surface area (Å²) in [6.45, 7) is 4.26. The maximum atomic E-state index is 2.30. The lowest BCUT2D eigenvalue weighted by Crippen LogP contribution is -2.03. The van der Waals surface area contributed by atoms with Crippen LogP contribution in [0.3, 0.4) is 0 Å². The molecule has 0 saturated carbocycles. The number of rotatable bonds is 2. The van der Waals surface area contributed by atoms with Crippen molar-refractivity contribution < 1.29 is 0 Å². The Bertz CT molecular complexity index is 447. The highest BCUT2D eigenvalue weighted by Crippen LogP contribution is 2.34. The third kappa shape index (κ3) is 2.33. The summed E-state index contributed by atoms with van der Waals surface area (Å²) in [6.07, 6.45) is 12.1. The summed E-state index contributed by atoms with van der Waals surface area (Å²) < 4.78 is 0. The molecule has 0 heteroatoms. The highest BCUT2D eigenvalue weighted by atomic mass is 14.2. The van der Waals surface area contributed by atoms with Gasteiger partial charge in [-0.05, 0) is 31.4 Å². The first kappa shape index (κ1) is 10.9. The second kappa shape index (κ2) is 4.98. The normalized spacial score (nSPS) is 20.1. The zero-order valence-electron chi connectivity index (χ0n) is 9.98. The molecule has 0 N–H and O–H groups in total. The Morgan fingerprint density at radius 3 is 2.81 bits per heavy atom. The molecule has 82 valence electrons. The second-order valence-corrected chi connectivity index (χ2v) is 4.34. The molecule has 1 aromatic rings. The molecule has 1 aliphatic carbocycles. The van der Waals surface area contributed by atoms with Crippen LogP contribution in [0.2, 0.25) is 0 Å². The van der Waals surface area contributed by atoms with E-state index in [1.54, 1.807) is 0 Å². The molecule has 0 bridgehead atoms. The monoisotopic (exact) mass is 210 g/mol. The maximum absolute atomic E-state index is 2.30. The third-order valence-corrected chi connectivity index (χ3v) is 2.99. The smallest absolute Gasteiger partial charge is 0.00641 e. The van der Waals surface area contributed by atoms with Gasteiger partial charge in [-0.1, -0.05) is 60.2 Å². The average Bonchev–Trinajstić information content (AvgIpc) is 2.29. The molecule has 0 amide bonds. The van der Waals surface area contributed by atoms with E-state index in [2.05, 4.69) is 61.6 Å². The van der Waals surface area contributed by atoms with Gasteiger partial charge in [-0.15, -0.1) is 0 Å². The lowest BCUT2D eigenvalue weighted by Gasteiger charge is -2.21. The average molecular weight is 210 g/mol. The summed E-state index contributed by atoms with van der Waals surface area (Å²) in [7, 11) is 0. The van der Waals surface area contributed by atoms with Crippen molar-refractivity contribution in [2.75, 3.05) is 0 Å². The SMILES string of the molecule is C/C=C\C=C/C1CC(C)=Cc2ccccc21. The molecule has 0 aromatic heterocycles. The van der Waals surface area contributed by atoms with E-state index in [0.717, 1.165) is 6.42 Å². The summed E-state index contributed by atoms with van der Waals surface area (Å²) in [5.41, 5.74) is 4.30. The maximum Gasteiger partial charge on any atom is 0.00641 e. The zero-order chi connectivity index (χ0) is 11.4. The number of fused-ring (bicyclic) bond motifs is 1. The Morgan fingerprint density at radius 2 is 2.00 bits per heavy atom. The molecule has 0 spiro atoms. The molecule has 1 aromatic carbocycles. The molecule has 1 aliphatic rings. The van der Waals surface area contributed by atoms with Gasteiger partial charge >= 0.3 is 0 Å². The van der Waals surface area contributed by atoms with Gasteiger partial charge < -0.3 is 0 Å². The predicted octanol–water partition coefficient (Wildman–Crippen LogP) is 4.71. The molecule has 0 aliphatic heterocycles. The van der Waals surface area contributed by atoms with Crippen molar-refractivity contribution in [3.05, 3.63) is 65.3 Å². The fourth-order valence-electron chi connectivity index (χ4n) is 2.24. The zero-order valence-corrected chi connectivity index (χ0v) is 9.98. The summed E-state index contributed by atoms with van der Waals surface area (Å²) >= 11 is 0. The van der Waals surface area contributed by atoms with E-state index in [0.29, 0.717) is 5.92 Å². The van der Waals surface area contributed by atoms with Crippen LogP contribution in [0.4, 0.5) is 0 Å². The summed E-state index contributed by atoms with van der Waals surface area (Å²) in [5, 5.41) is 0. The topological polar surface area (TPSA) is 0 Å². The molecular formula is C16H18. The molecule has 16 heavy (non-hydrogen) atoms. The predicted molar refractivity (Wildman–Crippen MR) is 71.4 cm³/mol. The molecular weight excluding hydrogens is 192 g/mol. The van der Waals surface area contributed by atoms with Crippen molar-refractivity contribution in [2.45, 2.75) is 26.2 Å². The Balaban J connectivity index is 2.32. The molecule has 0 radical (unpaired) electrons. The van der Waals surface area contributed by atoms with Crippen LogP contribution in [0.15, 0.2) is 54.1 Å². The Morgan fingerprint density at radius 1 is 1.19 bits per heavy atom. The number of benzene rings is 1. The fourth-order valence-corrected chi connectivity index (χ4v) is 2.24. The van der Waals surface area contributed by atoms with Crippen LogP contribution in [0.25, 0.3) is 6.08 Å². The van der Waals surface area contributed by atoms with E-state index in [4.69, 9.17) is 0 Å². The number of hydrogen-bond donors (Lipinski definition) is 0. The van der Waals surface area contributed by atoms with E-state index in [1.807, 2.05) is 6.92 Å². The van der Waals surface area contributed by atoms with Gasteiger partial charge in [0.15, 0.2) is 0 Å². The van der Waals surface area contributed by atoms with Crippen LogP contribution < -0.4 is 0 Å². The van der Waals surface area contributed by atoms with Crippen molar-refractivity contribution in [2.24, 2.45) is 0 Å². The van der Waals surface area contributed by atoms with Gasteiger partial charge in [0.05, 0.1) is 0 Å². The molecule has 0 heterocycles. The molecule has 0 saturated heterocycles. The largest absolute Gasteiger partial charge is 0.0877 e. The summed E-state index contributed by atoms with van der Waals surface area (Å²) in [6, 6.07) is 8.68. The van der Waals surface area contributed by atoms with Gasteiger partial charge in [0.2, 0.25) is 0 Å². The van der Waals surface area contributed by atoms with Gasteiger partial charge in [-0.25, -0.2) is 0 Å². The standard InChI is InChI=1S/C16H18/c1-3-4-5-8-14-11-13(2)12-15-9-6-7-10-16(14)15/h3-10,12,14H,11H2,1-2H3/b4-3-,8-5-. The lowest BCUT2D eigenvalue weighted by atomic mass is 9.83. The lowest BCUT2D eigenvalue weighted by molar-refractivity contribution is 0.813. The third-order valence-electron chi connectivity index (χ3n) is 2.99. The second-order valence-electron chi connectivity index (χ2n) is 4.34. The highest BCUT2D eigenvalue weighted by molar-refractivity contribution is 5.61. The quantitative estimate of drug-likeness (QED) is 0.620. The minimum atomic E-state index is 0.539. The van der Waals surface area contributed by atoms with Crippen molar-refractivity contribution in [3.8, 4) is 0 Å². The minimum absolute atomic E-state index is 0.539. The Labute approximate surface area is 98.0 Å². The van der Waals surface area contributed by atoms with E-state index in [9.17, 15) is 0 Å². The van der Waals surface area contributed by atoms with Crippen molar-refractivity contribution in [1.82, 2.24) is 0 Å². The van der Waals surface area contributed by atoms with Gasteiger partial charge in [-0.3, -0.25) is 0 Å². The first-order valence-corrected chi connectivity index (χ1v) is 5.87. The minimum Gasteiger partial charge on any atom is -0.0877 e. The van der Waals surface area contributed by atoms with Gasteiger partial charge in [0, 0.05) is 5.92 Å². The molecule has 1 atom stereocenters. The molecule has 1 unspecified atom stereocenters. The van der Waals surface area contributed by atoms with Crippen molar-refractivity contribution >= 4 is 6.08 Å². The van der Waals surface area contributed by atoms with Gasteiger partial charge in [0.1, 0.15) is 0 Å². The number of allylic oxidation sites excluding steroid dienone is 5. The van der Waals surface area contributed by atoms with Crippen LogP contribution in [-0.4, -0.2) is 0 Å². The van der Waals surface area contributed by atoms with Gasteiger partial charge in [0.25, 0.3) is 0 Å². The van der Waals surface area contributed by atoms with E-state index >= 15 is 0 Å². The van der Waals surface area contributed by atoms with Crippen molar-refractivity contribution in [1.29, 1.82) is 0 Å². The molecule has 0 nitrogen and oxygen atoms in total. The van der Waals surface area contributed by atoms with Gasteiger partial charge in [-0.2, -0.15) is 0 Å². The van der Waals surface area contributed by atoms with Crippen LogP contribution in [0.1, 0.15) is 37.3 Å². The molecule has 2 rings (SSSR count).